The van der Waals surface area contributed by atoms with Crippen LogP contribution in [0.5, 0.6) is 5.75 Å². The maximum Gasteiger partial charge on any atom is 0.307 e. The lowest BCUT2D eigenvalue weighted by atomic mass is 10.1. The van der Waals surface area contributed by atoms with Gasteiger partial charge < -0.3 is 9.84 Å². The Morgan fingerprint density at radius 3 is 2.62 bits per heavy atom. The van der Waals surface area contributed by atoms with Crippen molar-refractivity contribution in [1.82, 2.24) is 0 Å². The molecule has 1 N–H and O–H groups in total. The van der Waals surface area contributed by atoms with Crippen molar-refractivity contribution < 1.29 is 14.6 Å². The van der Waals surface area contributed by atoms with Crippen molar-refractivity contribution in [2.75, 3.05) is 6.61 Å². The molecule has 1 aromatic rings. The second-order valence-electron chi connectivity index (χ2n) is 4.20. The molecule has 1 aliphatic carbocycles. The number of carbonyl (C=O) groups is 1. The third kappa shape index (κ3) is 2.35. The summed E-state index contributed by atoms with van der Waals surface area (Å²) in [6.07, 6.45) is 1.76. The Morgan fingerprint density at radius 2 is 2.12 bits per heavy atom. The molecule has 1 fully saturated rings. The molecule has 0 aromatic heterocycles. The highest BCUT2D eigenvalue weighted by atomic mass is 16.5. The van der Waals surface area contributed by atoms with Gasteiger partial charge in [-0.1, -0.05) is 19.1 Å². The molecule has 0 spiro atoms. The number of hydrogen-bond acceptors (Lipinski definition) is 2. The monoisotopic (exact) mass is 220 g/mol. The Hall–Kier alpha value is -1.51. The van der Waals surface area contributed by atoms with Crippen molar-refractivity contribution in [2.45, 2.75) is 25.7 Å². The lowest BCUT2D eigenvalue weighted by Gasteiger charge is -2.05. The summed E-state index contributed by atoms with van der Waals surface area (Å²) in [5, 5.41) is 8.83. The van der Waals surface area contributed by atoms with E-state index in [4.69, 9.17) is 9.84 Å². The van der Waals surface area contributed by atoms with Gasteiger partial charge in [-0.3, -0.25) is 4.79 Å². The van der Waals surface area contributed by atoms with Gasteiger partial charge in [0.2, 0.25) is 0 Å². The van der Waals surface area contributed by atoms with Gasteiger partial charge >= 0.3 is 5.97 Å². The van der Waals surface area contributed by atoms with Crippen LogP contribution in [0.3, 0.4) is 0 Å². The summed E-state index contributed by atoms with van der Waals surface area (Å²) >= 11 is 0. The molecule has 2 atom stereocenters. The van der Waals surface area contributed by atoms with Crippen LogP contribution in [-0.4, -0.2) is 17.7 Å². The highest BCUT2D eigenvalue weighted by Gasteiger charge is 2.43. The maximum atomic E-state index is 10.7. The molecule has 1 aromatic carbocycles. The Labute approximate surface area is 95.0 Å². The van der Waals surface area contributed by atoms with Gasteiger partial charge in [0.05, 0.1) is 12.5 Å². The molecule has 3 nitrogen and oxygen atoms in total. The van der Waals surface area contributed by atoms with Crippen molar-refractivity contribution in [1.29, 1.82) is 0 Å². The van der Waals surface area contributed by atoms with Gasteiger partial charge in [-0.2, -0.15) is 0 Å². The second kappa shape index (κ2) is 4.56. The van der Waals surface area contributed by atoms with Crippen molar-refractivity contribution in [3.8, 4) is 5.75 Å². The van der Waals surface area contributed by atoms with Crippen LogP contribution in [0.4, 0.5) is 0 Å². The standard InChI is InChI=1S/C13H16O3/c1-2-7-16-10-5-3-9(4-6-10)11-8-12(11)13(14)15/h3-6,11-12H,2,7-8H2,1H3,(H,14,15). The summed E-state index contributed by atoms with van der Waals surface area (Å²) in [6, 6.07) is 7.78. The van der Waals surface area contributed by atoms with Crippen LogP contribution in [0.2, 0.25) is 0 Å². The van der Waals surface area contributed by atoms with Gasteiger partial charge in [0.25, 0.3) is 0 Å². The second-order valence-corrected chi connectivity index (χ2v) is 4.20. The van der Waals surface area contributed by atoms with Gasteiger partial charge in [-0.15, -0.1) is 0 Å². The molecular weight excluding hydrogens is 204 g/mol. The van der Waals surface area contributed by atoms with Crippen LogP contribution in [-0.2, 0) is 4.79 Å². The molecule has 0 aliphatic heterocycles. The molecule has 0 bridgehead atoms. The van der Waals surface area contributed by atoms with Crippen molar-refractivity contribution in [2.24, 2.45) is 5.92 Å². The lowest BCUT2D eigenvalue weighted by molar-refractivity contribution is -0.138. The first-order valence-electron chi connectivity index (χ1n) is 5.68. The first kappa shape index (κ1) is 11.0. The zero-order valence-corrected chi connectivity index (χ0v) is 9.35. The number of aliphatic carboxylic acids is 1. The Balaban J connectivity index is 1.95. The van der Waals surface area contributed by atoms with E-state index in [1.54, 1.807) is 0 Å². The number of carboxylic acid groups (broad SMARTS) is 1. The molecule has 0 heterocycles. The van der Waals surface area contributed by atoms with E-state index in [1.807, 2.05) is 24.3 Å². The predicted octanol–water partition coefficient (Wildman–Crippen LogP) is 2.66. The molecule has 3 heteroatoms. The molecule has 0 saturated heterocycles. The number of ether oxygens (including phenoxy) is 1. The van der Waals surface area contributed by atoms with Crippen LogP contribution in [0.25, 0.3) is 0 Å². The number of rotatable bonds is 5. The molecule has 86 valence electrons. The summed E-state index contributed by atoms with van der Waals surface area (Å²) in [5.74, 6) is 0.203. The van der Waals surface area contributed by atoms with Crippen LogP contribution in [0, 0.1) is 5.92 Å². The molecule has 2 rings (SSSR count). The largest absolute Gasteiger partial charge is 0.494 e. The van der Waals surface area contributed by atoms with Crippen molar-refractivity contribution in [3.05, 3.63) is 29.8 Å². The normalized spacial score (nSPS) is 22.8. The van der Waals surface area contributed by atoms with Crippen molar-refractivity contribution in [3.63, 3.8) is 0 Å². The maximum absolute atomic E-state index is 10.7. The Bertz CT molecular complexity index is 369. The minimum atomic E-state index is -0.684. The zero-order valence-electron chi connectivity index (χ0n) is 9.35. The highest BCUT2D eigenvalue weighted by molar-refractivity contribution is 5.75. The first-order valence-corrected chi connectivity index (χ1v) is 5.68. The van der Waals surface area contributed by atoms with Crippen LogP contribution < -0.4 is 4.74 Å². The van der Waals surface area contributed by atoms with Gasteiger partial charge in [-0.25, -0.2) is 0 Å². The van der Waals surface area contributed by atoms with Crippen molar-refractivity contribution >= 4 is 5.97 Å². The third-order valence-corrected chi connectivity index (χ3v) is 2.89. The van der Waals surface area contributed by atoms with Gasteiger partial charge in [0, 0.05) is 0 Å². The number of carboxylic acids is 1. The molecule has 1 saturated carbocycles. The molecule has 16 heavy (non-hydrogen) atoms. The van der Waals surface area contributed by atoms with E-state index in [1.165, 1.54) is 0 Å². The molecule has 1 aliphatic rings. The van der Waals surface area contributed by atoms with E-state index < -0.39 is 5.97 Å². The Kier molecular flexibility index (Phi) is 3.13. The minimum Gasteiger partial charge on any atom is -0.494 e. The fourth-order valence-corrected chi connectivity index (χ4v) is 1.87. The van der Waals surface area contributed by atoms with Crippen LogP contribution in [0.1, 0.15) is 31.2 Å². The molecule has 0 radical (unpaired) electrons. The summed E-state index contributed by atoms with van der Waals surface area (Å²) in [5.41, 5.74) is 1.11. The van der Waals surface area contributed by atoms with E-state index in [9.17, 15) is 4.79 Å². The fourth-order valence-electron chi connectivity index (χ4n) is 1.87. The van der Waals surface area contributed by atoms with E-state index in [2.05, 4.69) is 6.92 Å². The molecule has 2 unspecified atom stereocenters. The van der Waals surface area contributed by atoms with E-state index in [0.29, 0.717) is 0 Å². The predicted molar refractivity (Wildman–Crippen MR) is 60.7 cm³/mol. The number of hydrogen-bond donors (Lipinski definition) is 1. The molecule has 0 amide bonds. The van der Waals surface area contributed by atoms with Gasteiger partial charge in [-0.05, 0) is 36.5 Å². The third-order valence-electron chi connectivity index (χ3n) is 2.89. The van der Waals surface area contributed by atoms with Gasteiger partial charge in [0.15, 0.2) is 0 Å². The smallest absolute Gasteiger partial charge is 0.307 e. The van der Waals surface area contributed by atoms with E-state index in [0.717, 1.165) is 30.8 Å². The fraction of sp³-hybridized carbons (Fsp3) is 0.462. The Morgan fingerprint density at radius 1 is 1.44 bits per heavy atom. The highest BCUT2D eigenvalue weighted by Crippen LogP contribution is 2.47. The quantitative estimate of drug-likeness (QED) is 0.829. The average molecular weight is 220 g/mol. The SMILES string of the molecule is CCCOc1ccc(C2CC2C(=O)O)cc1. The topological polar surface area (TPSA) is 46.5 Å². The minimum absolute atomic E-state index is 0.178. The molecular formula is C13H16O3. The van der Waals surface area contributed by atoms with Crippen LogP contribution >= 0.6 is 0 Å². The lowest BCUT2D eigenvalue weighted by Crippen LogP contribution is -1.99. The summed E-state index contributed by atoms with van der Waals surface area (Å²) in [4.78, 5) is 10.7. The van der Waals surface area contributed by atoms with E-state index in [-0.39, 0.29) is 11.8 Å². The first-order chi connectivity index (χ1) is 7.72. The summed E-state index contributed by atoms with van der Waals surface area (Å²) < 4.78 is 5.47. The zero-order chi connectivity index (χ0) is 11.5. The summed E-state index contributed by atoms with van der Waals surface area (Å²) in [6.45, 7) is 2.79. The van der Waals surface area contributed by atoms with Crippen LogP contribution in [0.15, 0.2) is 24.3 Å². The van der Waals surface area contributed by atoms with E-state index >= 15 is 0 Å². The number of benzene rings is 1. The average Bonchev–Trinajstić information content (AvgIpc) is 3.07. The van der Waals surface area contributed by atoms with Gasteiger partial charge in [0.1, 0.15) is 5.75 Å². The summed E-state index contributed by atoms with van der Waals surface area (Å²) in [7, 11) is 0.